The molecule has 5 aromatic heterocycles. The summed E-state index contributed by atoms with van der Waals surface area (Å²) in [6, 6.07) is 7.68. The number of likely N-dealkylation sites (N-methyl/N-ethyl adjacent to an activating group) is 1. The van der Waals surface area contributed by atoms with E-state index in [1.54, 1.807) is 31.5 Å². The maximum atomic E-state index is 13.2. The van der Waals surface area contributed by atoms with Crippen molar-refractivity contribution in [2.24, 2.45) is 0 Å². The van der Waals surface area contributed by atoms with Crippen LogP contribution in [0, 0.1) is 0 Å². The zero-order chi connectivity index (χ0) is 31.3. The van der Waals surface area contributed by atoms with Crippen LogP contribution in [0.4, 0.5) is 0 Å². The third kappa shape index (κ3) is 6.87. The average Bonchev–Trinajstić information content (AvgIpc) is 3.55. The first kappa shape index (κ1) is 29.2. The molecule has 1 saturated carbocycles. The van der Waals surface area contributed by atoms with Gasteiger partial charge in [0.2, 0.25) is 17.6 Å². The highest BCUT2D eigenvalue weighted by molar-refractivity contribution is 5.76. The molecule has 0 atom stereocenters. The SMILES string of the molecule is CCNC(=O)Cn1nc(-c2nc(-c3cccnc3)no2)cc(CCNC(=O)Cn2nc(-c3nc(C4CC4)no3)ccc2=O)c1=O. The van der Waals surface area contributed by atoms with E-state index in [1.807, 2.05) is 0 Å². The second-order valence-corrected chi connectivity index (χ2v) is 10.2. The first-order valence-corrected chi connectivity index (χ1v) is 14.2. The van der Waals surface area contributed by atoms with Crippen LogP contribution in [0.25, 0.3) is 34.6 Å². The Morgan fingerprint density at radius 1 is 0.933 bits per heavy atom. The maximum Gasteiger partial charge on any atom is 0.278 e. The lowest BCUT2D eigenvalue weighted by molar-refractivity contribution is -0.122. The second kappa shape index (κ2) is 12.8. The van der Waals surface area contributed by atoms with Gasteiger partial charge < -0.3 is 19.7 Å². The maximum absolute atomic E-state index is 13.2. The fourth-order valence-corrected chi connectivity index (χ4v) is 4.37. The molecule has 230 valence electrons. The van der Waals surface area contributed by atoms with Gasteiger partial charge in [-0.05, 0) is 50.5 Å². The van der Waals surface area contributed by atoms with E-state index >= 15 is 0 Å². The molecule has 17 heteroatoms. The van der Waals surface area contributed by atoms with Crippen molar-refractivity contribution in [3.63, 3.8) is 0 Å². The van der Waals surface area contributed by atoms with Gasteiger partial charge in [0.25, 0.3) is 22.9 Å². The van der Waals surface area contributed by atoms with Gasteiger partial charge in [0.15, 0.2) is 5.82 Å². The van der Waals surface area contributed by atoms with Crippen molar-refractivity contribution in [1.82, 2.24) is 55.5 Å². The van der Waals surface area contributed by atoms with Crippen LogP contribution in [-0.2, 0) is 29.1 Å². The summed E-state index contributed by atoms with van der Waals surface area (Å²) in [5, 5.41) is 21.7. The Labute approximate surface area is 253 Å². The third-order valence-corrected chi connectivity index (χ3v) is 6.76. The van der Waals surface area contributed by atoms with Gasteiger partial charge in [-0.15, -0.1) is 0 Å². The van der Waals surface area contributed by atoms with Crippen LogP contribution < -0.4 is 21.8 Å². The van der Waals surface area contributed by atoms with Crippen LogP contribution in [0.1, 0.15) is 37.1 Å². The molecule has 0 radical (unpaired) electrons. The number of carbonyl (C=O) groups is 2. The molecule has 1 aliphatic rings. The van der Waals surface area contributed by atoms with Gasteiger partial charge in [0.1, 0.15) is 24.5 Å². The topological polar surface area (TPSA) is 219 Å². The Kier molecular flexibility index (Phi) is 8.30. The Balaban J connectivity index is 1.16. The lowest BCUT2D eigenvalue weighted by Gasteiger charge is -2.10. The summed E-state index contributed by atoms with van der Waals surface area (Å²) in [4.78, 5) is 63.4. The smallest absolute Gasteiger partial charge is 0.278 e. The number of hydrogen-bond acceptors (Lipinski definition) is 13. The number of amides is 2. The molecule has 1 fully saturated rings. The van der Waals surface area contributed by atoms with Crippen LogP contribution in [0.5, 0.6) is 0 Å². The van der Waals surface area contributed by atoms with E-state index in [0.717, 1.165) is 22.2 Å². The highest BCUT2D eigenvalue weighted by Gasteiger charge is 2.29. The minimum atomic E-state index is -0.526. The molecule has 0 bridgehead atoms. The predicted octanol–water partition coefficient (Wildman–Crippen LogP) is 0.334. The summed E-state index contributed by atoms with van der Waals surface area (Å²) < 4.78 is 12.7. The number of rotatable bonds is 12. The van der Waals surface area contributed by atoms with Crippen LogP contribution in [0.2, 0.25) is 0 Å². The largest absolute Gasteiger partial charge is 0.355 e. The molecular formula is C28H27N11O6. The van der Waals surface area contributed by atoms with Crippen LogP contribution in [-0.4, -0.2) is 69.7 Å². The van der Waals surface area contributed by atoms with Crippen molar-refractivity contribution < 1.29 is 18.6 Å². The van der Waals surface area contributed by atoms with E-state index in [9.17, 15) is 19.2 Å². The number of aromatic nitrogens is 9. The van der Waals surface area contributed by atoms with Crippen LogP contribution >= 0.6 is 0 Å². The Morgan fingerprint density at radius 3 is 2.47 bits per heavy atom. The summed E-state index contributed by atoms with van der Waals surface area (Å²) in [5.74, 6) is 0.419. The minimum Gasteiger partial charge on any atom is -0.355 e. The molecule has 0 aliphatic heterocycles. The number of nitrogens with zero attached hydrogens (tertiary/aromatic N) is 9. The third-order valence-electron chi connectivity index (χ3n) is 6.76. The van der Waals surface area contributed by atoms with E-state index in [2.05, 4.69) is 46.1 Å². The molecule has 0 aromatic carbocycles. The van der Waals surface area contributed by atoms with E-state index in [0.29, 0.717) is 17.9 Å². The summed E-state index contributed by atoms with van der Waals surface area (Å²) in [6.45, 7) is 1.45. The van der Waals surface area contributed by atoms with Gasteiger partial charge in [-0.2, -0.15) is 20.2 Å². The first-order valence-electron chi connectivity index (χ1n) is 14.2. The monoisotopic (exact) mass is 613 g/mol. The van der Waals surface area contributed by atoms with E-state index in [1.165, 1.54) is 18.2 Å². The highest BCUT2D eigenvalue weighted by Crippen LogP contribution is 2.38. The van der Waals surface area contributed by atoms with Crippen molar-refractivity contribution >= 4 is 11.8 Å². The van der Waals surface area contributed by atoms with Crippen molar-refractivity contribution in [2.45, 2.75) is 45.2 Å². The standard InChI is InChI=1S/C28H27N11O6/c1-2-30-21(40)15-39-28(43)17(12-20(35-39)27-33-25(37-45-27)18-4-3-10-29-13-18)9-11-31-22(41)14-38-23(42)8-7-19(34-38)26-32-24(36-44-26)16-5-6-16/h3-4,7-8,10,12-13,16H,2,5-6,9,11,14-15H2,1H3,(H,30,40)(H,31,41). The quantitative estimate of drug-likeness (QED) is 0.194. The first-order chi connectivity index (χ1) is 21.9. The fraction of sp³-hybridized carbons (Fsp3) is 0.321. The van der Waals surface area contributed by atoms with Gasteiger partial charge in [-0.3, -0.25) is 24.2 Å². The van der Waals surface area contributed by atoms with Gasteiger partial charge >= 0.3 is 0 Å². The van der Waals surface area contributed by atoms with Crippen molar-refractivity contribution in [2.75, 3.05) is 13.1 Å². The highest BCUT2D eigenvalue weighted by atomic mass is 16.5. The molecule has 2 amide bonds. The van der Waals surface area contributed by atoms with Gasteiger partial charge in [0.05, 0.1) is 0 Å². The summed E-state index contributed by atoms with van der Waals surface area (Å²) in [5.41, 5.74) is 0.277. The lowest BCUT2D eigenvalue weighted by atomic mass is 10.2. The van der Waals surface area contributed by atoms with E-state index < -0.39 is 22.9 Å². The van der Waals surface area contributed by atoms with Crippen LogP contribution in [0.15, 0.2) is 61.4 Å². The summed E-state index contributed by atoms with van der Waals surface area (Å²) in [6.07, 6.45) is 5.26. The Morgan fingerprint density at radius 2 is 1.69 bits per heavy atom. The second-order valence-electron chi connectivity index (χ2n) is 10.2. The van der Waals surface area contributed by atoms with Crippen LogP contribution in [0.3, 0.4) is 0 Å². The minimum absolute atomic E-state index is 0.0274. The number of hydrogen-bond donors (Lipinski definition) is 2. The Bertz CT molecular complexity index is 1960. The zero-order valence-electron chi connectivity index (χ0n) is 24.0. The van der Waals surface area contributed by atoms with Crippen molar-refractivity contribution in [3.8, 4) is 34.6 Å². The molecule has 17 nitrogen and oxygen atoms in total. The molecule has 0 unspecified atom stereocenters. The molecular weight excluding hydrogens is 586 g/mol. The molecule has 2 N–H and O–H groups in total. The lowest BCUT2D eigenvalue weighted by Crippen LogP contribution is -2.37. The van der Waals surface area contributed by atoms with Crippen molar-refractivity contribution in [3.05, 3.63) is 74.8 Å². The molecule has 45 heavy (non-hydrogen) atoms. The van der Waals surface area contributed by atoms with Gasteiger partial charge in [-0.1, -0.05) is 10.3 Å². The van der Waals surface area contributed by atoms with Gasteiger partial charge in [0, 0.05) is 48.6 Å². The average molecular weight is 614 g/mol. The predicted molar refractivity (Wildman–Crippen MR) is 154 cm³/mol. The molecule has 0 spiro atoms. The fourth-order valence-electron chi connectivity index (χ4n) is 4.37. The van der Waals surface area contributed by atoms with Crippen molar-refractivity contribution in [1.29, 1.82) is 0 Å². The normalized spacial score (nSPS) is 12.6. The number of carbonyl (C=O) groups excluding carboxylic acids is 2. The molecule has 5 heterocycles. The number of pyridine rings is 1. The molecule has 1 aliphatic carbocycles. The summed E-state index contributed by atoms with van der Waals surface area (Å²) >= 11 is 0. The Hall–Kier alpha value is -5.87. The molecule has 6 rings (SSSR count). The summed E-state index contributed by atoms with van der Waals surface area (Å²) in [7, 11) is 0. The van der Waals surface area contributed by atoms with E-state index in [-0.39, 0.29) is 66.5 Å². The zero-order valence-corrected chi connectivity index (χ0v) is 24.0. The molecule has 5 aromatic rings. The molecule has 0 saturated heterocycles. The van der Waals surface area contributed by atoms with Gasteiger partial charge in [-0.25, -0.2) is 9.36 Å². The van der Waals surface area contributed by atoms with E-state index in [4.69, 9.17) is 9.05 Å². The number of nitrogens with one attached hydrogen (secondary N) is 2.